The summed E-state index contributed by atoms with van der Waals surface area (Å²) in [5, 5.41) is 11.5. The summed E-state index contributed by atoms with van der Waals surface area (Å²) in [6.45, 7) is 4.08. The first-order valence-electron chi connectivity index (χ1n) is 6.85. The molecule has 5 nitrogen and oxygen atoms in total. The zero-order chi connectivity index (χ0) is 12.8. The fourth-order valence-electron chi connectivity index (χ4n) is 2.26. The first-order chi connectivity index (χ1) is 8.78. The van der Waals surface area contributed by atoms with E-state index in [9.17, 15) is 0 Å². The predicted octanol–water partition coefficient (Wildman–Crippen LogP) is 1.72. The molecule has 18 heavy (non-hydrogen) atoms. The van der Waals surface area contributed by atoms with Gasteiger partial charge in [0, 0.05) is 20.1 Å². The van der Waals surface area contributed by atoms with Gasteiger partial charge in [-0.3, -0.25) is 0 Å². The third kappa shape index (κ3) is 3.29. The monoisotopic (exact) mass is 253 g/mol. The summed E-state index contributed by atoms with van der Waals surface area (Å²) >= 11 is 0. The molecule has 5 heteroatoms. The van der Waals surface area contributed by atoms with E-state index in [0.29, 0.717) is 5.89 Å². The maximum atomic E-state index is 5.65. The van der Waals surface area contributed by atoms with Crippen LogP contribution in [-0.4, -0.2) is 36.0 Å². The predicted molar refractivity (Wildman–Crippen MR) is 68.5 cm³/mol. The van der Waals surface area contributed by atoms with Crippen molar-refractivity contribution in [2.75, 3.05) is 20.2 Å². The average Bonchev–Trinajstić information content (AvgIpc) is 2.77. The highest BCUT2D eigenvalue weighted by molar-refractivity contribution is 4.97. The Kier molecular flexibility index (Phi) is 4.72. The van der Waals surface area contributed by atoms with Crippen LogP contribution < -0.4 is 5.32 Å². The fourth-order valence-corrected chi connectivity index (χ4v) is 2.26. The molecule has 0 amide bonds. The van der Waals surface area contributed by atoms with E-state index < -0.39 is 0 Å². The number of ether oxygens (including phenoxy) is 1. The zero-order valence-electron chi connectivity index (χ0n) is 11.4. The summed E-state index contributed by atoms with van der Waals surface area (Å²) in [4.78, 5) is 0. The molecule has 1 fully saturated rings. The van der Waals surface area contributed by atoms with E-state index in [2.05, 4.69) is 22.4 Å². The van der Waals surface area contributed by atoms with Crippen LogP contribution in [0, 0.1) is 0 Å². The van der Waals surface area contributed by atoms with Crippen molar-refractivity contribution in [3.63, 3.8) is 0 Å². The van der Waals surface area contributed by atoms with Crippen LogP contribution in [0.2, 0.25) is 0 Å². The van der Waals surface area contributed by atoms with Gasteiger partial charge in [0.2, 0.25) is 11.8 Å². The van der Waals surface area contributed by atoms with Gasteiger partial charge in [0.15, 0.2) is 0 Å². The number of aromatic nitrogens is 2. The molecule has 1 N–H and O–H groups in total. The van der Waals surface area contributed by atoms with Gasteiger partial charge in [-0.1, -0.05) is 6.92 Å². The summed E-state index contributed by atoms with van der Waals surface area (Å²) in [7, 11) is 1.77. The van der Waals surface area contributed by atoms with Crippen molar-refractivity contribution < 1.29 is 9.15 Å². The van der Waals surface area contributed by atoms with Crippen molar-refractivity contribution in [3.8, 4) is 0 Å². The lowest BCUT2D eigenvalue weighted by molar-refractivity contribution is -0.0746. The van der Waals surface area contributed by atoms with Crippen LogP contribution >= 0.6 is 0 Å². The van der Waals surface area contributed by atoms with Crippen molar-refractivity contribution in [2.24, 2.45) is 0 Å². The molecule has 1 aliphatic rings. The second-order valence-corrected chi connectivity index (χ2v) is 5.01. The maximum Gasteiger partial charge on any atom is 0.219 e. The van der Waals surface area contributed by atoms with Crippen LogP contribution in [0.3, 0.4) is 0 Å². The van der Waals surface area contributed by atoms with Gasteiger partial charge in [-0.25, -0.2) is 0 Å². The van der Waals surface area contributed by atoms with Crippen LogP contribution in [0.5, 0.6) is 0 Å². The molecular weight excluding hydrogens is 230 g/mol. The molecule has 1 aliphatic carbocycles. The van der Waals surface area contributed by atoms with E-state index in [-0.39, 0.29) is 5.60 Å². The van der Waals surface area contributed by atoms with Crippen molar-refractivity contribution in [3.05, 3.63) is 11.8 Å². The summed E-state index contributed by atoms with van der Waals surface area (Å²) in [5.74, 6) is 1.43. The minimum absolute atomic E-state index is 0.0374. The largest absolute Gasteiger partial charge is 0.425 e. The van der Waals surface area contributed by atoms with Crippen LogP contribution in [-0.2, 0) is 17.6 Å². The molecule has 0 aromatic carbocycles. The molecule has 0 spiro atoms. The highest BCUT2D eigenvalue weighted by Gasteiger charge is 2.38. The molecule has 1 saturated carbocycles. The lowest BCUT2D eigenvalue weighted by Gasteiger charge is -2.39. The normalized spacial score (nSPS) is 17.7. The lowest BCUT2D eigenvalue weighted by Crippen LogP contribution is -2.41. The summed E-state index contributed by atoms with van der Waals surface area (Å²) in [5.41, 5.74) is -0.0374. The quantitative estimate of drug-likeness (QED) is 0.715. The van der Waals surface area contributed by atoms with Crippen LogP contribution in [0.25, 0.3) is 0 Å². The van der Waals surface area contributed by atoms with Gasteiger partial charge in [0.1, 0.15) is 0 Å². The van der Waals surface area contributed by atoms with E-state index in [1.807, 2.05) is 0 Å². The first-order valence-corrected chi connectivity index (χ1v) is 6.85. The van der Waals surface area contributed by atoms with Crippen molar-refractivity contribution >= 4 is 0 Å². The molecule has 0 aliphatic heterocycles. The summed E-state index contributed by atoms with van der Waals surface area (Å²) in [6, 6.07) is 0. The minimum Gasteiger partial charge on any atom is -0.425 e. The van der Waals surface area contributed by atoms with Crippen molar-refractivity contribution in [2.45, 2.75) is 51.0 Å². The Balaban J connectivity index is 1.79. The SMILES string of the molecule is CCCNCCc1nnc(CC2(OC)CCC2)o1. The molecule has 1 aromatic rings. The molecule has 0 radical (unpaired) electrons. The Morgan fingerprint density at radius 1 is 1.28 bits per heavy atom. The molecule has 2 rings (SSSR count). The number of hydrogen-bond donors (Lipinski definition) is 1. The van der Waals surface area contributed by atoms with Crippen molar-refractivity contribution in [1.82, 2.24) is 15.5 Å². The molecule has 0 atom stereocenters. The van der Waals surface area contributed by atoms with E-state index in [4.69, 9.17) is 9.15 Å². The Morgan fingerprint density at radius 3 is 2.67 bits per heavy atom. The lowest BCUT2D eigenvalue weighted by atomic mass is 9.77. The molecule has 0 unspecified atom stereocenters. The van der Waals surface area contributed by atoms with Gasteiger partial charge in [-0.15, -0.1) is 10.2 Å². The van der Waals surface area contributed by atoms with E-state index in [0.717, 1.165) is 51.1 Å². The van der Waals surface area contributed by atoms with Gasteiger partial charge in [0.25, 0.3) is 0 Å². The molecule has 1 heterocycles. The molecule has 0 saturated heterocycles. The Morgan fingerprint density at radius 2 is 2.06 bits per heavy atom. The number of hydrogen-bond acceptors (Lipinski definition) is 5. The number of methoxy groups -OCH3 is 1. The number of nitrogens with zero attached hydrogens (tertiary/aromatic N) is 2. The van der Waals surface area contributed by atoms with Crippen LogP contribution in [0.1, 0.15) is 44.4 Å². The standard InChI is InChI=1S/C13H23N3O2/c1-3-8-14-9-5-11-15-16-12(18-11)10-13(17-2)6-4-7-13/h14H,3-10H2,1-2H3. The second kappa shape index (κ2) is 6.29. The van der Waals surface area contributed by atoms with Gasteiger partial charge in [-0.2, -0.15) is 0 Å². The highest BCUT2D eigenvalue weighted by Crippen LogP contribution is 2.37. The molecule has 1 aromatic heterocycles. The summed E-state index contributed by atoms with van der Waals surface area (Å²) < 4.78 is 11.2. The summed E-state index contributed by atoms with van der Waals surface area (Å²) in [6.07, 6.45) is 6.12. The molecular formula is C13H23N3O2. The smallest absolute Gasteiger partial charge is 0.219 e. The number of nitrogens with one attached hydrogen (secondary N) is 1. The van der Waals surface area contributed by atoms with E-state index >= 15 is 0 Å². The highest BCUT2D eigenvalue weighted by atomic mass is 16.5. The molecule has 102 valence electrons. The van der Waals surface area contributed by atoms with E-state index in [1.54, 1.807) is 7.11 Å². The van der Waals surface area contributed by atoms with Crippen LogP contribution in [0.4, 0.5) is 0 Å². The van der Waals surface area contributed by atoms with Gasteiger partial charge in [0.05, 0.1) is 12.0 Å². The fraction of sp³-hybridized carbons (Fsp3) is 0.846. The Bertz CT molecular complexity index is 355. The molecule has 0 bridgehead atoms. The Hall–Kier alpha value is -0.940. The number of rotatable bonds is 8. The van der Waals surface area contributed by atoms with Crippen LogP contribution in [0.15, 0.2) is 4.42 Å². The minimum atomic E-state index is -0.0374. The average molecular weight is 253 g/mol. The van der Waals surface area contributed by atoms with Gasteiger partial charge >= 0.3 is 0 Å². The zero-order valence-corrected chi connectivity index (χ0v) is 11.4. The first kappa shape index (κ1) is 13.5. The third-order valence-electron chi connectivity index (χ3n) is 3.62. The third-order valence-corrected chi connectivity index (χ3v) is 3.62. The topological polar surface area (TPSA) is 60.2 Å². The van der Waals surface area contributed by atoms with Gasteiger partial charge < -0.3 is 14.5 Å². The van der Waals surface area contributed by atoms with Crippen molar-refractivity contribution in [1.29, 1.82) is 0 Å². The van der Waals surface area contributed by atoms with Gasteiger partial charge in [-0.05, 0) is 32.2 Å². The Labute approximate surface area is 108 Å². The second-order valence-electron chi connectivity index (χ2n) is 5.01. The van der Waals surface area contributed by atoms with E-state index in [1.165, 1.54) is 6.42 Å². The maximum absolute atomic E-state index is 5.65.